The third-order valence-electron chi connectivity index (χ3n) is 3.19. The van der Waals surface area contributed by atoms with E-state index in [0.29, 0.717) is 19.0 Å². The van der Waals surface area contributed by atoms with Crippen LogP contribution in [0.1, 0.15) is 33.6 Å². The molecule has 1 rings (SSSR count). The molecular formula is C11H22N2O2. The summed E-state index contributed by atoms with van der Waals surface area (Å²) in [4.78, 5) is 12.7. The Balaban J connectivity index is 2.91. The van der Waals surface area contributed by atoms with Crippen molar-refractivity contribution < 1.29 is 9.90 Å². The van der Waals surface area contributed by atoms with Crippen LogP contribution in [0.4, 0.5) is 4.79 Å². The molecule has 1 heterocycles. The highest BCUT2D eigenvalue weighted by Gasteiger charge is 2.40. The summed E-state index contributed by atoms with van der Waals surface area (Å²) in [7, 11) is 0. The lowest BCUT2D eigenvalue weighted by molar-refractivity contribution is 0.0258. The summed E-state index contributed by atoms with van der Waals surface area (Å²) in [5.41, 5.74) is 5.69. The number of piperidine rings is 1. The smallest absolute Gasteiger partial charge is 0.407 e. The molecule has 0 bridgehead atoms. The van der Waals surface area contributed by atoms with Gasteiger partial charge in [0, 0.05) is 12.6 Å². The number of carbonyl (C=O) groups is 1. The van der Waals surface area contributed by atoms with Crippen molar-refractivity contribution >= 4 is 6.09 Å². The molecule has 1 amide bonds. The molecule has 0 spiro atoms. The van der Waals surface area contributed by atoms with Crippen LogP contribution >= 0.6 is 0 Å². The lowest BCUT2D eigenvalue weighted by Crippen LogP contribution is -2.55. The number of amides is 1. The van der Waals surface area contributed by atoms with E-state index < -0.39 is 6.09 Å². The van der Waals surface area contributed by atoms with Gasteiger partial charge in [-0.25, -0.2) is 4.79 Å². The molecule has 15 heavy (non-hydrogen) atoms. The number of nitrogens with zero attached hydrogens (tertiary/aromatic N) is 1. The summed E-state index contributed by atoms with van der Waals surface area (Å²) < 4.78 is 0. The van der Waals surface area contributed by atoms with E-state index in [1.807, 2.05) is 0 Å². The van der Waals surface area contributed by atoms with Crippen LogP contribution in [0.25, 0.3) is 0 Å². The van der Waals surface area contributed by atoms with E-state index in [1.165, 1.54) is 0 Å². The van der Waals surface area contributed by atoms with E-state index in [-0.39, 0.29) is 11.5 Å². The Morgan fingerprint density at radius 1 is 1.53 bits per heavy atom. The van der Waals surface area contributed by atoms with Gasteiger partial charge in [0.2, 0.25) is 0 Å². The van der Waals surface area contributed by atoms with Gasteiger partial charge in [0.15, 0.2) is 0 Å². The topological polar surface area (TPSA) is 66.6 Å². The third kappa shape index (κ3) is 2.62. The third-order valence-corrected chi connectivity index (χ3v) is 3.19. The van der Waals surface area contributed by atoms with Crippen molar-refractivity contribution in [1.29, 1.82) is 0 Å². The van der Waals surface area contributed by atoms with Crippen molar-refractivity contribution in [2.75, 3.05) is 13.1 Å². The van der Waals surface area contributed by atoms with Crippen molar-refractivity contribution in [2.45, 2.75) is 39.7 Å². The first kappa shape index (κ1) is 12.3. The number of carboxylic acid groups (broad SMARTS) is 1. The van der Waals surface area contributed by atoms with Crippen LogP contribution in [-0.2, 0) is 0 Å². The predicted molar refractivity (Wildman–Crippen MR) is 59.8 cm³/mol. The van der Waals surface area contributed by atoms with Gasteiger partial charge >= 0.3 is 6.09 Å². The molecule has 2 unspecified atom stereocenters. The number of likely N-dealkylation sites (tertiary alicyclic amines) is 1. The molecule has 1 saturated heterocycles. The first-order valence-corrected chi connectivity index (χ1v) is 5.57. The van der Waals surface area contributed by atoms with Crippen LogP contribution < -0.4 is 5.73 Å². The lowest BCUT2D eigenvalue weighted by atomic mass is 9.74. The number of nitrogens with two attached hydrogens (primary N) is 1. The second kappa shape index (κ2) is 4.39. The molecule has 0 aromatic rings. The second-order valence-corrected chi connectivity index (χ2v) is 5.42. The molecule has 1 fully saturated rings. The van der Waals surface area contributed by atoms with Gasteiger partial charge in [-0.05, 0) is 30.7 Å². The van der Waals surface area contributed by atoms with Gasteiger partial charge in [-0.15, -0.1) is 0 Å². The first-order chi connectivity index (χ1) is 6.88. The van der Waals surface area contributed by atoms with Gasteiger partial charge in [0.25, 0.3) is 0 Å². The molecule has 0 radical (unpaired) electrons. The molecule has 3 N–H and O–H groups in total. The Morgan fingerprint density at radius 3 is 2.53 bits per heavy atom. The van der Waals surface area contributed by atoms with Gasteiger partial charge in [0.05, 0.1) is 0 Å². The summed E-state index contributed by atoms with van der Waals surface area (Å²) >= 11 is 0. The van der Waals surface area contributed by atoms with Crippen molar-refractivity contribution in [1.82, 2.24) is 4.90 Å². The van der Waals surface area contributed by atoms with Gasteiger partial charge in [0.1, 0.15) is 0 Å². The summed E-state index contributed by atoms with van der Waals surface area (Å²) in [6, 6.07) is 0.0498. The molecule has 0 aliphatic carbocycles. The predicted octanol–water partition coefficient (Wildman–Crippen LogP) is 1.75. The lowest BCUT2D eigenvalue weighted by Gasteiger charge is -2.46. The average molecular weight is 214 g/mol. The summed E-state index contributed by atoms with van der Waals surface area (Å²) in [5.74, 6) is 0.301. The zero-order valence-corrected chi connectivity index (χ0v) is 9.86. The molecule has 4 heteroatoms. The molecule has 2 atom stereocenters. The molecule has 4 nitrogen and oxygen atoms in total. The van der Waals surface area contributed by atoms with Crippen LogP contribution in [-0.4, -0.2) is 35.2 Å². The minimum atomic E-state index is -0.812. The molecule has 0 saturated carbocycles. The summed E-state index contributed by atoms with van der Waals surface area (Å²) in [6.45, 7) is 7.48. The van der Waals surface area contributed by atoms with Crippen molar-refractivity contribution in [3.8, 4) is 0 Å². The Kier molecular flexibility index (Phi) is 3.60. The zero-order valence-electron chi connectivity index (χ0n) is 9.86. The van der Waals surface area contributed by atoms with E-state index in [0.717, 1.165) is 12.8 Å². The van der Waals surface area contributed by atoms with E-state index in [1.54, 1.807) is 4.90 Å². The van der Waals surface area contributed by atoms with E-state index in [9.17, 15) is 9.90 Å². The fourth-order valence-corrected chi connectivity index (χ4v) is 2.71. The molecule has 1 aliphatic rings. The van der Waals surface area contributed by atoms with E-state index in [4.69, 9.17) is 5.73 Å². The Labute approximate surface area is 91.4 Å². The number of hydrogen-bond acceptors (Lipinski definition) is 2. The average Bonchev–Trinajstić information content (AvgIpc) is 2.15. The number of hydrogen-bond donors (Lipinski definition) is 2. The maximum absolute atomic E-state index is 11.2. The Bertz CT molecular complexity index is 235. The normalized spacial score (nSPS) is 27.9. The van der Waals surface area contributed by atoms with Crippen LogP contribution in [0, 0.1) is 11.3 Å². The van der Waals surface area contributed by atoms with Crippen LogP contribution in [0.15, 0.2) is 0 Å². The molecular weight excluding hydrogens is 192 g/mol. The van der Waals surface area contributed by atoms with E-state index >= 15 is 0 Å². The van der Waals surface area contributed by atoms with Gasteiger partial charge < -0.3 is 15.7 Å². The fourth-order valence-electron chi connectivity index (χ4n) is 2.71. The second-order valence-electron chi connectivity index (χ2n) is 5.42. The minimum Gasteiger partial charge on any atom is -0.465 e. The van der Waals surface area contributed by atoms with Gasteiger partial charge in [-0.3, -0.25) is 0 Å². The fraction of sp³-hybridized carbons (Fsp3) is 0.909. The van der Waals surface area contributed by atoms with Crippen LogP contribution in [0.2, 0.25) is 0 Å². The van der Waals surface area contributed by atoms with E-state index in [2.05, 4.69) is 20.8 Å². The number of rotatable bonds is 1. The highest BCUT2D eigenvalue weighted by molar-refractivity contribution is 5.65. The highest BCUT2D eigenvalue weighted by atomic mass is 16.4. The largest absolute Gasteiger partial charge is 0.465 e. The summed E-state index contributed by atoms with van der Waals surface area (Å²) in [6.07, 6.45) is 1.16. The maximum atomic E-state index is 11.2. The van der Waals surface area contributed by atoms with Crippen molar-refractivity contribution in [3.63, 3.8) is 0 Å². The SMILES string of the molecule is CC(C)(C)C1C(CN)CCCN1C(=O)O. The first-order valence-electron chi connectivity index (χ1n) is 5.57. The van der Waals surface area contributed by atoms with Crippen LogP contribution in [0.5, 0.6) is 0 Å². The Hall–Kier alpha value is -0.770. The highest BCUT2D eigenvalue weighted by Crippen LogP contribution is 2.35. The molecule has 88 valence electrons. The summed E-state index contributed by atoms with van der Waals surface area (Å²) in [5, 5.41) is 9.17. The van der Waals surface area contributed by atoms with Crippen molar-refractivity contribution in [2.24, 2.45) is 17.1 Å². The standard InChI is InChI=1S/C11H22N2O2/c1-11(2,3)9-8(7-12)5-4-6-13(9)10(14)15/h8-9H,4-7,12H2,1-3H3,(H,14,15). The minimum absolute atomic E-state index is 0.0388. The van der Waals surface area contributed by atoms with Gasteiger partial charge in [-0.2, -0.15) is 0 Å². The van der Waals surface area contributed by atoms with Crippen molar-refractivity contribution in [3.05, 3.63) is 0 Å². The van der Waals surface area contributed by atoms with Crippen LogP contribution in [0.3, 0.4) is 0 Å². The molecule has 0 aromatic carbocycles. The molecule has 1 aliphatic heterocycles. The zero-order chi connectivity index (χ0) is 11.6. The maximum Gasteiger partial charge on any atom is 0.407 e. The molecule has 0 aromatic heterocycles. The van der Waals surface area contributed by atoms with Gasteiger partial charge in [-0.1, -0.05) is 20.8 Å². The monoisotopic (exact) mass is 214 g/mol. The quantitative estimate of drug-likeness (QED) is 0.698. The Morgan fingerprint density at radius 2 is 2.13 bits per heavy atom.